The number of aromatic nitrogens is 1. The lowest BCUT2D eigenvalue weighted by molar-refractivity contribution is -0.137. The summed E-state index contributed by atoms with van der Waals surface area (Å²) in [6.45, 7) is 2.02. The Labute approximate surface area is 174 Å². The van der Waals surface area contributed by atoms with E-state index >= 15 is 0 Å². The third-order valence-electron chi connectivity index (χ3n) is 5.47. The number of amides is 1. The normalized spacial score (nSPS) is 13.2. The molecule has 1 heterocycles. The molecule has 1 amide bonds. The number of pyridine rings is 1. The van der Waals surface area contributed by atoms with Crippen molar-refractivity contribution in [3.05, 3.63) is 89.2 Å². The van der Waals surface area contributed by atoms with Crippen molar-refractivity contribution in [1.82, 2.24) is 10.3 Å². The number of carbonyl (C=O) groups excluding carboxylic acids is 1. The zero-order valence-corrected chi connectivity index (χ0v) is 16.5. The predicted molar refractivity (Wildman–Crippen MR) is 112 cm³/mol. The van der Waals surface area contributed by atoms with Crippen molar-refractivity contribution >= 4 is 12.1 Å². The second-order valence-corrected chi connectivity index (χ2v) is 7.35. The fourth-order valence-corrected chi connectivity index (χ4v) is 4.04. The van der Waals surface area contributed by atoms with E-state index in [1.165, 1.54) is 0 Å². The van der Waals surface area contributed by atoms with E-state index in [0.29, 0.717) is 5.56 Å². The van der Waals surface area contributed by atoms with E-state index in [1.54, 1.807) is 18.5 Å². The summed E-state index contributed by atoms with van der Waals surface area (Å²) in [6, 6.07) is 17.3. The zero-order valence-electron chi connectivity index (χ0n) is 16.5. The number of carboxylic acid groups (broad SMARTS) is 1. The average Bonchev–Trinajstić information content (AvgIpc) is 3.06. The molecule has 0 radical (unpaired) electrons. The second kappa shape index (κ2) is 8.37. The number of fused-ring (bicyclic) bond motifs is 3. The Bertz CT molecular complexity index is 1050. The quantitative estimate of drug-likeness (QED) is 0.636. The lowest BCUT2D eigenvalue weighted by atomic mass is 9.98. The monoisotopic (exact) mass is 402 g/mol. The van der Waals surface area contributed by atoms with Gasteiger partial charge in [0.1, 0.15) is 6.61 Å². The van der Waals surface area contributed by atoms with E-state index in [1.807, 2.05) is 43.3 Å². The van der Waals surface area contributed by atoms with E-state index in [-0.39, 0.29) is 18.9 Å². The number of rotatable bonds is 6. The summed E-state index contributed by atoms with van der Waals surface area (Å²) in [5.41, 5.74) is 6.06. The summed E-state index contributed by atoms with van der Waals surface area (Å²) < 4.78 is 5.55. The summed E-state index contributed by atoms with van der Waals surface area (Å²) in [4.78, 5) is 27.9. The van der Waals surface area contributed by atoms with Crippen molar-refractivity contribution in [3.63, 3.8) is 0 Å². The smallest absolute Gasteiger partial charge is 0.407 e. The Kier molecular flexibility index (Phi) is 5.48. The predicted octanol–water partition coefficient (Wildman–Crippen LogP) is 4.44. The molecule has 1 aliphatic rings. The van der Waals surface area contributed by atoms with Gasteiger partial charge in [-0.25, -0.2) is 4.79 Å². The molecule has 0 unspecified atom stereocenters. The van der Waals surface area contributed by atoms with Crippen molar-refractivity contribution in [1.29, 1.82) is 0 Å². The summed E-state index contributed by atoms with van der Waals surface area (Å²) >= 11 is 0. The molecule has 0 bridgehead atoms. The molecule has 6 nitrogen and oxygen atoms in total. The van der Waals surface area contributed by atoms with E-state index in [0.717, 1.165) is 27.8 Å². The van der Waals surface area contributed by atoms with Crippen LogP contribution in [0.1, 0.15) is 40.6 Å². The molecular weight excluding hydrogens is 380 g/mol. The summed E-state index contributed by atoms with van der Waals surface area (Å²) in [5, 5.41) is 12.0. The van der Waals surface area contributed by atoms with Crippen LogP contribution in [0.3, 0.4) is 0 Å². The number of carbonyl (C=O) groups is 2. The molecule has 152 valence electrons. The fourth-order valence-electron chi connectivity index (χ4n) is 4.04. The standard InChI is InChI=1S/C24H22N2O4/c1-15-10-11-25-13-20(15)22(12-23(27)28)26-24(29)30-14-21-18-8-4-2-6-16(18)17-7-3-5-9-19(17)21/h2-11,13,21-22H,12,14H2,1H3,(H,26,29)(H,27,28)/t22-/m0/s1. The molecular formula is C24H22N2O4. The lowest BCUT2D eigenvalue weighted by Gasteiger charge is -2.20. The van der Waals surface area contributed by atoms with Gasteiger partial charge in [-0.2, -0.15) is 0 Å². The van der Waals surface area contributed by atoms with Gasteiger partial charge in [0.2, 0.25) is 0 Å². The van der Waals surface area contributed by atoms with Crippen LogP contribution >= 0.6 is 0 Å². The van der Waals surface area contributed by atoms with Crippen LogP contribution in [0.5, 0.6) is 0 Å². The van der Waals surface area contributed by atoms with Crippen LogP contribution < -0.4 is 5.32 Å². The minimum atomic E-state index is -1.01. The molecule has 0 saturated carbocycles. The van der Waals surface area contributed by atoms with Crippen molar-refractivity contribution in [3.8, 4) is 11.1 Å². The van der Waals surface area contributed by atoms with Crippen LogP contribution in [0.15, 0.2) is 67.0 Å². The van der Waals surface area contributed by atoms with Crippen molar-refractivity contribution in [2.45, 2.75) is 25.3 Å². The molecule has 1 aromatic heterocycles. The molecule has 3 aromatic rings. The van der Waals surface area contributed by atoms with Crippen LogP contribution in [0.4, 0.5) is 4.79 Å². The number of nitrogens with zero attached hydrogens (tertiary/aromatic N) is 1. The Morgan fingerprint density at radius 1 is 1.07 bits per heavy atom. The number of nitrogens with one attached hydrogen (secondary N) is 1. The van der Waals surface area contributed by atoms with Crippen LogP contribution in [-0.4, -0.2) is 28.8 Å². The number of ether oxygens (including phenoxy) is 1. The molecule has 0 aliphatic heterocycles. The van der Waals surface area contributed by atoms with Gasteiger partial charge < -0.3 is 15.2 Å². The molecule has 2 N–H and O–H groups in total. The van der Waals surface area contributed by atoms with Crippen LogP contribution in [0.2, 0.25) is 0 Å². The first-order chi connectivity index (χ1) is 14.5. The molecule has 0 spiro atoms. The van der Waals surface area contributed by atoms with Gasteiger partial charge in [-0.05, 0) is 46.4 Å². The van der Waals surface area contributed by atoms with Crippen LogP contribution in [0.25, 0.3) is 11.1 Å². The van der Waals surface area contributed by atoms with Crippen LogP contribution in [0, 0.1) is 6.92 Å². The van der Waals surface area contributed by atoms with Crippen molar-refractivity contribution < 1.29 is 19.4 Å². The van der Waals surface area contributed by atoms with Crippen LogP contribution in [-0.2, 0) is 9.53 Å². The number of alkyl carbamates (subject to hydrolysis) is 1. The van der Waals surface area contributed by atoms with Gasteiger partial charge in [0.15, 0.2) is 0 Å². The minimum absolute atomic E-state index is 0.0544. The minimum Gasteiger partial charge on any atom is -0.481 e. The molecule has 6 heteroatoms. The van der Waals surface area contributed by atoms with Gasteiger partial charge in [-0.15, -0.1) is 0 Å². The highest BCUT2D eigenvalue weighted by molar-refractivity contribution is 5.79. The summed E-state index contributed by atoms with van der Waals surface area (Å²) in [5.74, 6) is -1.07. The van der Waals surface area contributed by atoms with E-state index in [4.69, 9.17) is 4.74 Å². The Hall–Kier alpha value is -3.67. The Morgan fingerprint density at radius 2 is 1.70 bits per heavy atom. The SMILES string of the molecule is Cc1ccncc1[C@H](CC(=O)O)NC(=O)OCC1c2ccccc2-c2ccccc21. The molecule has 0 saturated heterocycles. The maximum atomic E-state index is 12.6. The summed E-state index contributed by atoms with van der Waals surface area (Å²) in [6.07, 6.45) is 2.30. The molecule has 0 fully saturated rings. The van der Waals surface area contributed by atoms with Gasteiger partial charge in [-0.3, -0.25) is 9.78 Å². The van der Waals surface area contributed by atoms with Crippen molar-refractivity contribution in [2.24, 2.45) is 0 Å². The fraction of sp³-hybridized carbons (Fsp3) is 0.208. The largest absolute Gasteiger partial charge is 0.481 e. The third-order valence-corrected chi connectivity index (χ3v) is 5.47. The highest BCUT2D eigenvalue weighted by Gasteiger charge is 2.29. The van der Waals surface area contributed by atoms with E-state index in [9.17, 15) is 14.7 Å². The topological polar surface area (TPSA) is 88.5 Å². The third kappa shape index (κ3) is 3.89. The highest BCUT2D eigenvalue weighted by atomic mass is 16.5. The van der Waals surface area contributed by atoms with E-state index < -0.39 is 18.1 Å². The number of carboxylic acids is 1. The number of aryl methyl sites for hydroxylation is 1. The average molecular weight is 402 g/mol. The first kappa shape index (κ1) is 19.6. The van der Waals surface area contributed by atoms with Gasteiger partial charge >= 0.3 is 12.1 Å². The Morgan fingerprint density at radius 3 is 2.30 bits per heavy atom. The summed E-state index contributed by atoms with van der Waals surface area (Å²) in [7, 11) is 0. The lowest BCUT2D eigenvalue weighted by Crippen LogP contribution is -2.32. The maximum absolute atomic E-state index is 12.6. The maximum Gasteiger partial charge on any atom is 0.407 e. The molecule has 2 aromatic carbocycles. The zero-order chi connectivity index (χ0) is 21.1. The number of hydrogen-bond acceptors (Lipinski definition) is 4. The molecule has 30 heavy (non-hydrogen) atoms. The molecule has 4 rings (SSSR count). The highest BCUT2D eigenvalue weighted by Crippen LogP contribution is 2.44. The van der Waals surface area contributed by atoms with E-state index in [2.05, 4.69) is 22.4 Å². The molecule has 1 aliphatic carbocycles. The Balaban J connectivity index is 1.49. The van der Waals surface area contributed by atoms with Gasteiger partial charge in [-0.1, -0.05) is 48.5 Å². The first-order valence-electron chi connectivity index (χ1n) is 9.78. The number of aliphatic carboxylic acids is 1. The second-order valence-electron chi connectivity index (χ2n) is 7.35. The van der Waals surface area contributed by atoms with Crippen molar-refractivity contribution in [2.75, 3.05) is 6.61 Å². The van der Waals surface area contributed by atoms with Gasteiger partial charge in [0, 0.05) is 18.3 Å². The number of benzene rings is 2. The first-order valence-corrected chi connectivity index (χ1v) is 9.78. The van der Waals surface area contributed by atoms with Gasteiger partial charge in [0.05, 0.1) is 12.5 Å². The number of hydrogen-bond donors (Lipinski definition) is 2. The molecule has 1 atom stereocenters. The van der Waals surface area contributed by atoms with Gasteiger partial charge in [0.25, 0.3) is 0 Å².